The first-order chi connectivity index (χ1) is 6.59. The fourth-order valence-corrected chi connectivity index (χ4v) is 1.41. The molecule has 2 aromatic heterocycles. The molecule has 0 saturated heterocycles. The lowest BCUT2D eigenvalue weighted by Crippen LogP contribution is -2.14. The summed E-state index contributed by atoms with van der Waals surface area (Å²) < 4.78 is 0. The third kappa shape index (κ3) is 1.43. The molecule has 0 bridgehead atoms. The first-order valence-electron chi connectivity index (χ1n) is 4.52. The van der Waals surface area contributed by atoms with Crippen molar-refractivity contribution in [2.45, 2.75) is 26.2 Å². The molecule has 0 unspecified atom stereocenters. The van der Waals surface area contributed by atoms with E-state index in [1.54, 1.807) is 6.20 Å². The van der Waals surface area contributed by atoms with Crippen LogP contribution in [0.3, 0.4) is 0 Å². The van der Waals surface area contributed by atoms with Crippen molar-refractivity contribution in [1.82, 2.24) is 20.2 Å². The van der Waals surface area contributed by atoms with Gasteiger partial charge in [-0.15, -0.1) is 5.10 Å². The van der Waals surface area contributed by atoms with Gasteiger partial charge in [-0.1, -0.05) is 20.8 Å². The van der Waals surface area contributed by atoms with Crippen LogP contribution in [0.1, 0.15) is 26.5 Å². The fraction of sp³-hybridized carbons (Fsp3) is 0.400. The van der Waals surface area contributed by atoms with Crippen LogP contribution in [0.25, 0.3) is 11.0 Å². The molecule has 14 heavy (non-hydrogen) atoms. The maximum atomic E-state index is 4.30. The van der Waals surface area contributed by atoms with E-state index in [4.69, 9.17) is 0 Å². The van der Waals surface area contributed by atoms with Gasteiger partial charge in [0.1, 0.15) is 6.33 Å². The molecule has 0 fully saturated rings. The Hall–Kier alpha value is -1.58. The summed E-state index contributed by atoms with van der Waals surface area (Å²) in [6.07, 6.45) is 3.21. The maximum Gasteiger partial charge on any atom is 0.185 e. The van der Waals surface area contributed by atoms with E-state index >= 15 is 0 Å². The van der Waals surface area contributed by atoms with E-state index in [9.17, 15) is 0 Å². The summed E-state index contributed by atoms with van der Waals surface area (Å²) in [7, 11) is 0. The SMILES string of the molecule is CC(C)(C)c1ncnc2nnccc12. The molecule has 2 rings (SSSR count). The second-order valence-electron chi connectivity index (χ2n) is 4.24. The molecule has 2 aromatic rings. The third-order valence-electron chi connectivity index (χ3n) is 2.03. The highest BCUT2D eigenvalue weighted by atomic mass is 15.1. The normalized spacial score (nSPS) is 11.9. The van der Waals surface area contributed by atoms with Gasteiger partial charge in [-0.3, -0.25) is 0 Å². The van der Waals surface area contributed by atoms with Crippen LogP contribution in [-0.4, -0.2) is 20.2 Å². The maximum absolute atomic E-state index is 4.30. The molecule has 0 aliphatic carbocycles. The van der Waals surface area contributed by atoms with Crippen LogP contribution in [0.5, 0.6) is 0 Å². The Morgan fingerprint density at radius 2 is 1.93 bits per heavy atom. The lowest BCUT2D eigenvalue weighted by Gasteiger charge is -2.18. The number of fused-ring (bicyclic) bond motifs is 1. The van der Waals surface area contributed by atoms with Gasteiger partial charge in [0.2, 0.25) is 0 Å². The summed E-state index contributed by atoms with van der Waals surface area (Å²) >= 11 is 0. The van der Waals surface area contributed by atoms with Gasteiger partial charge in [0.25, 0.3) is 0 Å². The Morgan fingerprint density at radius 3 is 2.64 bits per heavy atom. The van der Waals surface area contributed by atoms with Crippen molar-refractivity contribution in [2.24, 2.45) is 0 Å². The van der Waals surface area contributed by atoms with Crippen LogP contribution >= 0.6 is 0 Å². The largest absolute Gasteiger partial charge is 0.240 e. The fourth-order valence-electron chi connectivity index (χ4n) is 1.41. The Kier molecular flexibility index (Phi) is 1.91. The quantitative estimate of drug-likeness (QED) is 0.631. The summed E-state index contributed by atoms with van der Waals surface area (Å²) in [4.78, 5) is 8.37. The van der Waals surface area contributed by atoms with E-state index in [1.807, 2.05) is 6.07 Å². The molecule has 0 atom stereocenters. The van der Waals surface area contributed by atoms with Gasteiger partial charge in [0.05, 0.1) is 11.9 Å². The minimum absolute atomic E-state index is 0.00419. The number of rotatable bonds is 0. The van der Waals surface area contributed by atoms with Gasteiger partial charge >= 0.3 is 0 Å². The highest BCUT2D eigenvalue weighted by Crippen LogP contribution is 2.25. The van der Waals surface area contributed by atoms with E-state index < -0.39 is 0 Å². The van der Waals surface area contributed by atoms with E-state index in [1.165, 1.54) is 6.33 Å². The molecule has 0 aliphatic heterocycles. The van der Waals surface area contributed by atoms with Gasteiger partial charge in [-0.05, 0) is 6.07 Å². The topological polar surface area (TPSA) is 51.6 Å². The molecule has 0 saturated carbocycles. The standard InChI is InChI=1S/C10H12N4/c1-10(2,3)8-7-4-5-13-14-9(7)12-6-11-8/h4-6H,1-3H3. The summed E-state index contributed by atoms with van der Waals surface area (Å²) in [5.74, 6) is 0. The lowest BCUT2D eigenvalue weighted by molar-refractivity contribution is 0.573. The zero-order valence-corrected chi connectivity index (χ0v) is 8.52. The first kappa shape index (κ1) is 8.99. The second-order valence-corrected chi connectivity index (χ2v) is 4.24. The van der Waals surface area contributed by atoms with E-state index in [0.29, 0.717) is 5.65 Å². The van der Waals surface area contributed by atoms with E-state index in [0.717, 1.165) is 11.1 Å². The highest BCUT2D eigenvalue weighted by molar-refractivity contribution is 5.77. The third-order valence-corrected chi connectivity index (χ3v) is 2.03. The van der Waals surface area contributed by atoms with Crippen LogP contribution in [-0.2, 0) is 5.41 Å². The predicted molar refractivity (Wildman–Crippen MR) is 53.8 cm³/mol. The second kappa shape index (κ2) is 2.97. The number of hydrogen-bond acceptors (Lipinski definition) is 4. The number of nitrogens with zero attached hydrogens (tertiary/aromatic N) is 4. The van der Waals surface area contributed by atoms with Crippen LogP contribution in [0.15, 0.2) is 18.6 Å². The van der Waals surface area contributed by atoms with Crippen molar-refractivity contribution in [1.29, 1.82) is 0 Å². The Balaban J connectivity index is 2.78. The van der Waals surface area contributed by atoms with Crippen LogP contribution in [0.4, 0.5) is 0 Å². The van der Waals surface area contributed by atoms with Gasteiger partial charge in [0.15, 0.2) is 5.65 Å². The van der Waals surface area contributed by atoms with Crippen LogP contribution < -0.4 is 0 Å². The zero-order chi connectivity index (χ0) is 10.2. The number of aromatic nitrogens is 4. The molecule has 0 N–H and O–H groups in total. The average Bonchev–Trinajstić information content (AvgIpc) is 2.15. The van der Waals surface area contributed by atoms with Crippen LogP contribution in [0, 0.1) is 0 Å². The molecular weight excluding hydrogens is 176 g/mol. The summed E-state index contributed by atoms with van der Waals surface area (Å²) in [6, 6.07) is 1.91. The molecule has 72 valence electrons. The highest BCUT2D eigenvalue weighted by Gasteiger charge is 2.18. The van der Waals surface area contributed by atoms with Gasteiger partial charge < -0.3 is 0 Å². The first-order valence-corrected chi connectivity index (χ1v) is 4.52. The predicted octanol–water partition coefficient (Wildman–Crippen LogP) is 1.72. The van der Waals surface area contributed by atoms with Crippen molar-refractivity contribution in [2.75, 3.05) is 0 Å². The number of hydrogen-bond donors (Lipinski definition) is 0. The van der Waals surface area contributed by atoms with Gasteiger partial charge in [-0.2, -0.15) is 5.10 Å². The van der Waals surface area contributed by atoms with Gasteiger partial charge in [0, 0.05) is 10.8 Å². The molecule has 0 amide bonds. The monoisotopic (exact) mass is 188 g/mol. The molecule has 4 heteroatoms. The van der Waals surface area contributed by atoms with Crippen molar-refractivity contribution in [3.8, 4) is 0 Å². The Bertz CT molecular complexity index is 454. The summed E-state index contributed by atoms with van der Waals surface area (Å²) in [5.41, 5.74) is 1.68. The molecule has 0 aromatic carbocycles. The molecule has 0 radical (unpaired) electrons. The Labute approximate surface area is 82.4 Å². The van der Waals surface area contributed by atoms with Crippen molar-refractivity contribution < 1.29 is 0 Å². The van der Waals surface area contributed by atoms with Crippen molar-refractivity contribution in [3.05, 3.63) is 24.3 Å². The molecule has 0 aliphatic rings. The Morgan fingerprint density at radius 1 is 1.14 bits per heavy atom. The minimum atomic E-state index is 0.00419. The van der Waals surface area contributed by atoms with Gasteiger partial charge in [-0.25, -0.2) is 9.97 Å². The van der Waals surface area contributed by atoms with Crippen LogP contribution in [0.2, 0.25) is 0 Å². The van der Waals surface area contributed by atoms with E-state index in [2.05, 4.69) is 40.9 Å². The van der Waals surface area contributed by atoms with E-state index in [-0.39, 0.29) is 5.41 Å². The summed E-state index contributed by atoms with van der Waals surface area (Å²) in [6.45, 7) is 6.36. The minimum Gasteiger partial charge on any atom is -0.240 e. The molecular formula is C10H12N4. The molecule has 2 heterocycles. The zero-order valence-electron chi connectivity index (χ0n) is 8.52. The summed E-state index contributed by atoms with van der Waals surface area (Å²) in [5, 5.41) is 8.73. The molecule has 0 spiro atoms. The average molecular weight is 188 g/mol. The van der Waals surface area contributed by atoms with Crippen molar-refractivity contribution in [3.63, 3.8) is 0 Å². The lowest BCUT2D eigenvalue weighted by atomic mass is 9.90. The molecule has 4 nitrogen and oxygen atoms in total. The smallest absolute Gasteiger partial charge is 0.185 e. The van der Waals surface area contributed by atoms with Crippen molar-refractivity contribution >= 4 is 11.0 Å².